The molecule has 1 heterocycles. The van der Waals surface area contributed by atoms with E-state index in [2.05, 4.69) is 11.2 Å². The van der Waals surface area contributed by atoms with Gasteiger partial charge in [0.2, 0.25) is 5.91 Å². The molecule has 0 spiro atoms. The average molecular weight is 316 g/mol. The molecular formula is C18H18F2N2O. The van der Waals surface area contributed by atoms with Crippen molar-refractivity contribution in [1.82, 2.24) is 10.2 Å². The summed E-state index contributed by atoms with van der Waals surface area (Å²) in [4.78, 5) is 13.9. The van der Waals surface area contributed by atoms with E-state index < -0.39 is 23.1 Å². The highest BCUT2D eigenvalue weighted by Crippen LogP contribution is 2.17. The molecule has 1 aromatic carbocycles. The summed E-state index contributed by atoms with van der Waals surface area (Å²) in [6, 6.07) is 3.06. The zero-order valence-electron chi connectivity index (χ0n) is 13.1. The maximum absolute atomic E-state index is 13.5. The number of rotatable bonds is 4. The minimum atomic E-state index is -0.600. The van der Waals surface area contributed by atoms with Crippen molar-refractivity contribution in [2.24, 2.45) is 0 Å². The van der Waals surface area contributed by atoms with Crippen molar-refractivity contribution < 1.29 is 13.6 Å². The molecule has 1 aromatic rings. The van der Waals surface area contributed by atoms with Gasteiger partial charge in [0.1, 0.15) is 11.6 Å². The summed E-state index contributed by atoms with van der Waals surface area (Å²) in [6.45, 7) is 4.39. The molecule has 5 heteroatoms. The second-order valence-electron chi connectivity index (χ2n) is 5.79. The number of amides is 1. The number of carbonyl (C=O) groups is 1. The van der Waals surface area contributed by atoms with Gasteiger partial charge in [-0.1, -0.05) is 5.92 Å². The van der Waals surface area contributed by atoms with E-state index in [9.17, 15) is 13.6 Å². The Morgan fingerprint density at radius 1 is 1.43 bits per heavy atom. The molecule has 1 N–H and O–H groups in total. The fourth-order valence-electron chi connectivity index (χ4n) is 2.14. The van der Waals surface area contributed by atoms with Crippen LogP contribution >= 0.6 is 0 Å². The van der Waals surface area contributed by atoms with Crippen LogP contribution < -0.4 is 5.32 Å². The summed E-state index contributed by atoms with van der Waals surface area (Å²) < 4.78 is 26.6. The molecular weight excluding hydrogens is 298 g/mol. The number of nitrogens with one attached hydrogen (secondary N) is 1. The summed E-state index contributed by atoms with van der Waals surface area (Å²) in [6.07, 6.45) is 10.6. The maximum Gasteiger partial charge on any atom is 0.228 e. The van der Waals surface area contributed by atoms with E-state index in [4.69, 9.17) is 6.42 Å². The summed E-state index contributed by atoms with van der Waals surface area (Å²) in [5, 5.41) is 2.67. The summed E-state index contributed by atoms with van der Waals surface area (Å²) in [7, 11) is 0. The zero-order valence-corrected chi connectivity index (χ0v) is 13.1. The topological polar surface area (TPSA) is 32.3 Å². The third-order valence-corrected chi connectivity index (χ3v) is 3.66. The highest BCUT2D eigenvalue weighted by atomic mass is 19.1. The molecule has 0 aliphatic carbocycles. The van der Waals surface area contributed by atoms with E-state index in [1.807, 2.05) is 24.8 Å². The van der Waals surface area contributed by atoms with E-state index in [-0.39, 0.29) is 12.0 Å². The third kappa shape index (κ3) is 4.19. The highest BCUT2D eigenvalue weighted by molar-refractivity contribution is 5.80. The third-order valence-electron chi connectivity index (χ3n) is 3.66. The summed E-state index contributed by atoms with van der Waals surface area (Å²) >= 11 is 0. The van der Waals surface area contributed by atoms with Crippen LogP contribution in [0.4, 0.5) is 8.78 Å². The predicted molar refractivity (Wildman–Crippen MR) is 85.0 cm³/mol. The maximum atomic E-state index is 13.5. The monoisotopic (exact) mass is 316 g/mol. The molecule has 0 saturated carbocycles. The Labute approximate surface area is 134 Å². The molecule has 0 atom stereocenters. The lowest BCUT2D eigenvalue weighted by Gasteiger charge is -2.34. The Balaban J connectivity index is 1.96. The van der Waals surface area contributed by atoms with Crippen molar-refractivity contribution in [3.63, 3.8) is 0 Å². The summed E-state index contributed by atoms with van der Waals surface area (Å²) in [5.74, 6) is 1.11. The van der Waals surface area contributed by atoms with E-state index in [0.717, 1.165) is 18.2 Å². The van der Waals surface area contributed by atoms with Crippen molar-refractivity contribution in [3.05, 3.63) is 59.4 Å². The largest absolute Gasteiger partial charge is 0.358 e. The van der Waals surface area contributed by atoms with Gasteiger partial charge in [-0.2, -0.15) is 0 Å². The molecule has 3 nitrogen and oxygen atoms in total. The average Bonchev–Trinajstić information content (AvgIpc) is 2.51. The Kier molecular flexibility index (Phi) is 4.85. The molecule has 120 valence electrons. The van der Waals surface area contributed by atoms with Crippen molar-refractivity contribution in [2.75, 3.05) is 6.54 Å². The van der Waals surface area contributed by atoms with Gasteiger partial charge in [-0.3, -0.25) is 4.79 Å². The lowest BCUT2D eigenvalue weighted by atomic mass is 10.0. The van der Waals surface area contributed by atoms with Gasteiger partial charge in [0.05, 0.1) is 12.0 Å². The van der Waals surface area contributed by atoms with Crippen LogP contribution in [0.15, 0.2) is 42.2 Å². The van der Waals surface area contributed by atoms with Crippen LogP contribution in [0.5, 0.6) is 0 Å². The van der Waals surface area contributed by atoms with Gasteiger partial charge in [0.25, 0.3) is 0 Å². The number of carbonyl (C=O) groups excluding carboxylic acids is 1. The van der Waals surface area contributed by atoms with E-state index in [0.29, 0.717) is 12.2 Å². The molecule has 1 aliphatic heterocycles. The van der Waals surface area contributed by atoms with Gasteiger partial charge < -0.3 is 10.2 Å². The number of benzene rings is 1. The number of allylic oxidation sites excluding steroid dienone is 1. The summed E-state index contributed by atoms with van der Waals surface area (Å²) in [5.41, 5.74) is 0.210. The van der Waals surface area contributed by atoms with Gasteiger partial charge in [-0.15, -0.1) is 6.42 Å². The zero-order chi connectivity index (χ0) is 17.0. The van der Waals surface area contributed by atoms with E-state index in [1.165, 1.54) is 0 Å². The number of hydrogen-bond donors (Lipinski definition) is 1. The van der Waals surface area contributed by atoms with Gasteiger partial charge in [-0.05, 0) is 44.2 Å². The predicted octanol–water partition coefficient (Wildman–Crippen LogP) is 2.75. The highest BCUT2D eigenvalue weighted by Gasteiger charge is 2.22. The minimum absolute atomic E-state index is 0.0259. The Morgan fingerprint density at radius 2 is 2.17 bits per heavy atom. The standard InChI is InChI=1S/C18H18F2N2O/c1-4-18(2,3)22-9-7-15(8-10-22)21-17(23)12-13-11-14(19)5-6-16(13)20/h1,5-9,11H,10,12H2,2-3H3,(H,21,23). The second kappa shape index (κ2) is 6.66. The minimum Gasteiger partial charge on any atom is -0.358 e. The SMILES string of the molecule is C#CC(C)(C)N1C=CC(NC(=O)Cc2cc(F)ccc2F)=CC1. The first-order valence-corrected chi connectivity index (χ1v) is 7.18. The molecule has 0 bridgehead atoms. The Hall–Kier alpha value is -2.61. The molecule has 0 saturated heterocycles. The van der Waals surface area contributed by atoms with Gasteiger partial charge in [0, 0.05) is 24.0 Å². The molecule has 2 rings (SSSR count). The van der Waals surface area contributed by atoms with Crippen LogP contribution in [0.3, 0.4) is 0 Å². The molecule has 23 heavy (non-hydrogen) atoms. The number of nitrogens with zero attached hydrogens (tertiary/aromatic N) is 1. The second-order valence-corrected chi connectivity index (χ2v) is 5.79. The molecule has 0 fully saturated rings. The van der Waals surface area contributed by atoms with Crippen LogP contribution in [-0.2, 0) is 11.2 Å². The first kappa shape index (κ1) is 16.8. The lowest BCUT2D eigenvalue weighted by Crippen LogP contribution is -2.40. The lowest BCUT2D eigenvalue weighted by molar-refractivity contribution is -0.119. The fraction of sp³-hybridized carbons (Fsp3) is 0.278. The van der Waals surface area contributed by atoms with Gasteiger partial charge in [-0.25, -0.2) is 8.78 Å². The van der Waals surface area contributed by atoms with Crippen molar-refractivity contribution in [1.29, 1.82) is 0 Å². The number of halogens is 2. The Bertz CT molecular complexity index is 714. The smallest absolute Gasteiger partial charge is 0.228 e. The first-order chi connectivity index (χ1) is 10.8. The normalized spacial score (nSPS) is 14.2. The molecule has 0 aromatic heterocycles. The van der Waals surface area contributed by atoms with Crippen LogP contribution in [0, 0.1) is 24.0 Å². The molecule has 1 amide bonds. The van der Waals surface area contributed by atoms with Crippen LogP contribution in [0.1, 0.15) is 19.4 Å². The fourth-order valence-corrected chi connectivity index (χ4v) is 2.14. The van der Waals surface area contributed by atoms with Crippen molar-refractivity contribution >= 4 is 5.91 Å². The van der Waals surface area contributed by atoms with Crippen LogP contribution in [0.2, 0.25) is 0 Å². The number of terminal acetylenes is 1. The van der Waals surface area contributed by atoms with Crippen LogP contribution in [-0.4, -0.2) is 22.9 Å². The quantitative estimate of drug-likeness (QED) is 0.866. The van der Waals surface area contributed by atoms with Crippen molar-refractivity contribution in [2.45, 2.75) is 25.8 Å². The molecule has 0 radical (unpaired) electrons. The van der Waals surface area contributed by atoms with E-state index >= 15 is 0 Å². The van der Waals surface area contributed by atoms with Gasteiger partial charge >= 0.3 is 0 Å². The van der Waals surface area contributed by atoms with Crippen LogP contribution in [0.25, 0.3) is 0 Å². The molecule has 1 aliphatic rings. The molecule has 0 unspecified atom stereocenters. The van der Waals surface area contributed by atoms with E-state index in [1.54, 1.807) is 12.3 Å². The van der Waals surface area contributed by atoms with Crippen molar-refractivity contribution in [3.8, 4) is 12.3 Å². The first-order valence-electron chi connectivity index (χ1n) is 7.18. The number of hydrogen-bond acceptors (Lipinski definition) is 2. The van der Waals surface area contributed by atoms with Gasteiger partial charge in [0.15, 0.2) is 0 Å². The Morgan fingerprint density at radius 3 is 2.78 bits per heavy atom.